The summed E-state index contributed by atoms with van der Waals surface area (Å²) in [5.41, 5.74) is 2.36. The molecule has 128 valence electrons. The lowest BCUT2D eigenvalue weighted by molar-refractivity contribution is 0.381. The van der Waals surface area contributed by atoms with Gasteiger partial charge in [0.15, 0.2) is 0 Å². The van der Waals surface area contributed by atoms with E-state index in [0.29, 0.717) is 13.1 Å². The van der Waals surface area contributed by atoms with Gasteiger partial charge in [-0.3, -0.25) is 9.11 Å². The molecule has 0 spiro atoms. The lowest BCUT2D eigenvalue weighted by Gasteiger charge is -2.24. The van der Waals surface area contributed by atoms with Crippen LogP contribution in [0.25, 0.3) is 0 Å². The Bertz CT molecular complexity index is 650. The molecule has 0 amide bonds. The number of nitrogens with one attached hydrogen (secondary N) is 1. The van der Waals surface area contributed by atoms with Gasteiger partial charge in [-0.05, 0) is 25.5 Å². The molecule has 3 N–H and O–H groups in total. The summed E-state index contributed by atoms with van der Waals surface area (Å²) in [4.78, 5) is 2.16. The molecule has 0 atom stereocenters. The fourth-order valence-electron chi connectivity index (χ4n) is 1.73. The highest BCUT2D eigenvalue weighted by Crippen LogP contribution is 2.18. The standard InChI is InChI=1S/C12H20N2O2S.H2O4S/c1-4-14(10-9-13-17(3,15)16)12-8-6-5-7-11(12)2;1-5(2,3)4/h5-8,13H,4,9-10H2,1-3H3;(H2,1,2,3,4). The zero-order valence-electron chi connectivity index (χ0n) is 12.7. The van der Waals surface area contributed by atoms with Crippen LogP contribution >= 0.6 is 0 Å². The molecule has 0 aliphatic heterocycles. The van der Waals surface area contributed by atoms with Gasteiger partial charge in [0.05, 0.1) is 6.26 Å². The molecule has 1 rings (SSSR count). The molecule has 0 bridgehead atoms. The number of aryl methyl sites for hydroxylation is 1. The fraction of sp³-hybridized carbons (Fsp3) is 0.500. The maximum absolute atomic E-state index is 11.0. The van der Waals surface area contributed by atoms with Gasteiger partial charge in [0, 0.05) is 25.3 Å². The van der Waals surface area contributed by atoms with Crippen molar-refractivity contribution in [2.45, 2.75) is 13.8 Å². The van der Waals surface area contributed by atoms with Crippen LogP contribution in [0, 0.1) is 6.92 Å². The van der Waals surface area contributed by atoms with Gasteiger partial charge < -0.3 is 4.90 Å². The van der Waals surface area contributed by atoms with Gasteiger partial charge in [-0.15, -0.1) is 0 Å². The Balaban J connectivity index is 0.000000763. The van der Waals surface area contributed by atoms with E-state index in [1.54, 1.807) is 0 Å². The summed E-state index contributed by atoms with van der Waals surface area (Å²) in [5.74, 6) is 0. The lowest BCUT2D eigenvalue weighted by Crippen LogP contribution is -2.34. The molecule has 0 radical (unpaired) electrons. The van der Waals surface area contributed by atoms with E-state index in [1.807, 2.05) is 12.1 Å². The molecule has 0 fully saturated rings. The highest BCUT2D eigenvalue weighted by Gasteiger charge is 2.07. The van der Waals surface area contributed by atoms with Crippen LogP contribution in [0.15, 0.2) is 24.3 Å². The third-order valence-corrected chi connectivity index (χ3v) is 3.31. The Kier molecular flexibility index (Phi) is 8.56. The summed E-state index contributed by atoms with van der Waals surface area (Å²) in [5, 5.41) is 0. The summed E-state index contributed by atoms with van der Waals surface area (Å²) in [6, 6.07) is 8.11. The van der Waals surface area contributed by atoms with E-state index >= 15 is 0 Å². The quantitative estimate of drug-likeness (QED) is 0.643. The first kappa shape index (κ1) is 20.8. The minimum atomic E-state index is -4.67. The van der Waals surface area contributed by atoms with Crippen molar-refractivity contribution in [3.8, 4) is 0 Å². The molecule has 1 aromatic rings. The van der Waals surface area contributed by atoms with Crippen LogP contribution in [0.4, 0.5) is 5.69 Å². The fourth-order valence-corrected chi connectivity index (χ4v) is 2.20. The molecule has 0 saturated carbocycles. The second-order valence-electron chi connectivity index (χ2n) is 4.48. The van der Waals surface area contributed by atoms with E-state index in [1.165, 1.54) is 11.8 Å². The van der Waals surface area contributed by atoms with E-state index < -0.39 is 20.4 Å². The highest BCUT2D eigenvalue weighted by atomic mass is 32.3. The van der Waals surface area contributed by atoms with Crippen LogP contribution < -0.4 is 9.62 Å². The van der Waals surface area contributed by atoms with Gasteiger partial charge >= 0.3 is 10.4 Å². The van der Waals surface area contributed by atoms with Gasteiger partial charge in [-0.25, -0.2) is 13.1 Å². The molecular weight excluding hydrogens is 332 g/mol. The SMILES string of the molecule is CCN(CCNS(C)(=O)=O)c1ccccc1C.O=S(=O)(O)O. The Hall–Kier alpha value is -1.20. The minimum Gasteiger partial charge on any atom is -0.370 e. The van der Waals surface area contributed by atoms with Crippen molar-refractivity contribution in [3.05, 3.63) is 29.8 Å². The van der Waals surface area contributed by atoms with Crippen LogP contribution in [0.1, 0.15) is 12.5 Å². The van der Waals surface area contributed by atoms with Crippen molar-refractivity contribution in [1.82, 2.24) is 4.72 Å². The Morgan fingerprint density at radius 2 is 1.64 bits per heavy atom. The topological polar surface area (TPSA) is 124 Å². The van der Waals surface area contributed by atoms with E-state index in [4.69, 9.17) is 17.5 Å². The number of hydrogen-bond acceptors (Lipinski definition) is 5. The molecule has 0 unspecified atom stereocenters. The second-order valence-corrected chi connectivity index (χ2v) is 7.21. The van der Waals surface area contributed by atoms with E-state index in [2.05, 4.69) is 35.6 Å². The number of para-hydroxylation sites is 1. The number of sulfonamides is 1. The molecular formula is C12H22N2O6S2. The Labute approximate surface area is 131 Å². The maximum atomic E-state index is 11.0. The summed E-state index contributed by atoms with van der Waals surface area (Å²) >= 11 is 0. The number of benzene rings is 1. The Morgan fingerprint density at radius 3 is 2.05 bits per heavy atom. The maximum Gasteiger partial charge on any atom is 0.394 e. The van der Waals surface area contributed by atoms with Crippen LogP contribution in [0.2, 0.25) is 0 Å². The second kappa shape index (κ2) is 9.06. The van der Waals surface area contributed by atoms with Crippen molar-refractivity contribution in [1.29, 1.82) is 0 Å². The molecule has 0 aromatic heterocycles. The van der Waals surface area contributed by atoms with Gasteiger partial charge in [0.1, 0.15) is 0 Å². The van der Waals surface area contributed by atoms with Crippen molar-refractivity contribution >= 4 is 26.1 Å². The summed E-state index contributed by atoms with van der Waals surface area (Å²) < 4.78 is 56.0. The normalized spacial score (nSPS) is 11.5. The van der Waals surface area contributed by atoms with Crippen molar-refractivity contribution in [3.63, 3.8) is 0 Å². The predicted molar refractivity (Wildman–Crippen MR) is 86.1 cm³/mol. The van der Waals surface area contributed by atoms with Gasteiger partial charge in [-0.1, -0.05) is 18.2 Å². The lowest BCUT2D eigenvalue weighted by atomic mass is 10.2. The van der Waals surface area contributed by atoms with Gasteiger partial charge in [-0.2, -0.15) is 8.42 Å². The van der Waals surface area contributed by atoms with Crippen LogP contribution in [0.5, 0.6) is 0 Å². The third kappa shape index (κ3) is 11.5. The van der Waals surface area contributed by atoms with E-state index in [9.17, 15) is 8.42 Å². The molecule has 1 aromatic carbocycles. The summed E-state index contributed by atoms with van der Waals surface area (Å²) in [6.07, 6.45) is 1.18. The monoisotopic (exact) mass is 354 g/mol. The van der Waals surface area contributed by atoms with Crippen molar-refractivity contribution < 1.29 is 25.9 Å². The number of hydrogen-bond donors (Lipinski definition) is 3. The number of nitrogens with zero attached hydrogens (tertiary/aromatic N) is 1. The first-order chi connectivity index (χ1) is 9.94. The molecule has 0 heterocycles. The zero-order chi connectivity index (χ0) is 17.4. The third-order valence-electron chi connectivity index (χ3n) is 2.58. The molecule has 0 aliphatic carbocycles. The number of rotatable bonds is 6. The predicted octanol–water partition coefficient (Wildman–Crippen LogP) is 0.718. The van der Waals surface area contributed by atoms with Crippen LogP contribution in [-0.4, -0.2) is 51.8 Å². The van der Waals surface area contributed by atoms with Crippen molar-refractivity contribution in [2.75, 3.05) is 30.8 Å². The Morgan fingerprint density at radius 1 is 1.14 bits per heavy atom. The van der Waals surface area contributed by atoms with E-state index in [0.717, 1.165) is 12.2 Å². The van der Waals surface area contributed by atoms with E-state index in [-0.39, 0.29) is 0 Å². The number of likely N-dealkylation sites (N-methyl/N-ethyl adjacent to an activating group) is 1. The molecule has 22 heavy (non-hydrogen) atoms. The molecule has 8 nitrogen and oxygen atoms in total. The van der Waals surface area contributed by atoms with Gasteiger partial charge in [0.2, 0.25) is 10.0 Å². The molecule has 0 aliphatic rings. The smallest absolute Gasteiger partial charge is 0.370 e. The summed E-state index contributed by atoms with van der Waals surface area (Å²) in [6.45, 7) is 6.08. The minimum absolute atomic E-state index is 0.432. The molecule has 0 saturated heterocycles. The van der Waals surface area contributed by atoms with Gasteiger partial charge in [0.25, 0.3) is 0 Å². The highest BCUT2D eigenvalue weighted by molar-refractivity contribution is 7.88. The largest absolute Gasteiger partial charge is 0.394 e. The number of anilines is 1. The summed E-state index contributed by atoms with van der Waals surface area (Å²) in [7, 11) is -7.76. The van der Waals surface area contributed by atoms with Crippen molar-refractivity contribution in [2.24, 2.45) is 0 Å². The van der Waals surface area contributed by atoms with Crippen LogP contribution in [-0.2, 0) is 20.4 Å². The average molecular weight is 354 g/mol. The first-order valence-corrected chi connectivity index (χ1v) is 9.68. The van der Waals surface area contributed by atoms with Crippen LogP contribution in [0.3, 0.4) is 0 Å². The average Bonchev–Trinajstić information content (AvgIpc) is 2.32. The zero-order valence-corrected chi connectivity index (χ0v) is 14.4. The first-order valence-electron chi connectivity index (χ1n) is 6.39. The molecule has 10 heteroatoms.